The van der Waals surface area contributed by atoms with E-state index in [1.54, 1.807) is 0 Å². The molecule has 1 unspecified atom stereocenters. The summed E-state index contributed by atoms with van der Waals surface area (Å²) < 4.78 is 0. The van der Waals surface area contributed by atoms with Gasteiger partial charge in [-0.2, -0.15) is 0 Å². The van der Waals surface area contributed by atoms with Gasteiger partial charge in [0.1, 0.15) is 0 Å². The summed E-state index contributed by atoms with van der Waals surface area (Å²) in [4.78, 5) is 2.73. The van der Waals surface area contributed by atoms with Gasteiger partial charge in [-0.15, -0.1) is 0 Å². The molecule has 0 saturated carbocycles. The third-order valence-corrected chi connectivity index (χ3v) is 4.23. The lowest BCUT2D eigenvalue weighted by Gasteiger charge is -2.36. The Morgan fingerprint density at radius 3 is 2.84 bits per heavy atom. The number of nitrogens with zero attached hydrogens (tertiary/aromatic N) is 1. The molecule has 1 atom stereocenters. The highest BCUT2D eigenvalue weighted by Gasteiger charge is 2.20. The van der Waals surface area contributed by atoms with E-state index in [1.165, 1.54) is 57.2 Å². The highest BCUT2D eigenvalue weighted by molar-refractivity contribution is 5.14. The first kappa shape index (κ1) is 14.5. The number of aryl methyl sites for hydroxylation is 1. The number of likely N-dealkylation sites (tertiary alicyclic amines) is 1. The van der Waals surface area contributed by atoms with Crippen LogP contribution in [-0.4, -0.2) is 37.6 Å². The molecule has 0 amide bonds. The second-order valence-electron chi connectivity index (χ2n) is 5.67. The SMILES string of the molecule is CNCCC1CCCCN1CCCc1ccccc1. The minimum Gasteiger partial charge on any atom is -0.320 e. The lowest BCUT2D eigenvalue weighted by molar-refractivity contribution is 0.139. The van der Waals surface area contributed by atoms with E-state index < -0.39 is 0 Å². The van der Waals surface area contributed by atoms with Gasteiger partial charge in [0.15, 0.2) is 0 Å². The normalized spacial score (nSPS) is 20.6. The summed E-state index contributed by atoms with van der Waals surface area (Å²) in [6.45, 7) is 3.73. The summed E-state index contributed by atoms with van der Waals surface area (Å²) in [5.41, 5.74) is 1.48. The van der Waals surface area contributed by atoms with Crippen molar-refractivity contribution in [2.24, 2.45) is 0 Å². The second-order valence-corrected chi connectivity index (χ2v) is 5.67. The van der Waals surface area contributed by atoms with Crippen LogP contribution in [-0.2, 0) is 6.42 Å². The molecule has 1 aliphatic heterocycles. The maximum absolute atomic E-state index is 3.29. The molecule has 1 fully saturated rings. The molecule has 2 rings (SSSR count). The van der Waals surface area contributed by atoms with Gasteiger partial charge < -0.3 is 10.2 Å². The Morgan fingerprint density at radius 1 is 1.21 bits per heavy atom. The van der Waals surface area contributed by atoms with E-state index in [1.807, 2.05) is 0 Å². The van der Waals surface area contributed by atoms with Crippen molar-refractivity contribution < 1.29 is 0 Å². The number of hydrogen-bond donors (Lipinski definition) is 1. The molecule has 0 aromatic heterocycles. The molecule has 1 aromatic rings. The Morgan fingerprint density at radius 2 is 2.05 bits per heavy atom. The van der Waals surface area contributed by atoms with Crippen LogP contribution in [0.4, 0.5) is 0 Å². The first-order valence-electron chi connectivity index (χ1n) is 7.82. The molecular weight excluding hydrogens is 232 g/mol. The Bertz CT molecular complexity index is 336. The van der Waals surface area contributed by atoms with Crippen LogP contribution >= 0.6 is 0 Å². The molecule has 0 radical (unpaired) electrons. The van der Waals surface area contributed by atoms with E-state index in [0.29, 0.717) is 0 Å². The largest absolute Gasteiger partial charge is 0.320 e. The Hall–Kier alpha value is -0.860. The van der Waals surface area contributed by atoms with Gasteiger partial charge >= 0.3 is 0 Å². The van der Waals surface area contributed by atoms with Crippen molar-refractivity contribution in [2.75, 3.05) is 26.7 Å². The van der Waals surface area contributed by atoms with Crippen molar-refractivity contribution in [2.45, 2.75) is 44.6 Å². The average molecular weight is 260 g/mol. The summed E-state index contributed by atoms with van der Waals surface area (Å²) in [5, 5.41) is 3.29. The predicted octanol–water partition coefficient (Wildman–Crippen LogP) is 3.08. The topological polar surface area (TPSA) is 15.3 Å². The van der Waals surface area contributed by atoms with Gasteiger partial charge in [0.05, 0.1) is 0 Å². The van der Waals surface area contributed by atoms with Crippen LogP contribution in [0.25, 0.3) is 0 Å². The standard InChI is InChI=1S/C17H28N2/c1-18-13-12-17-11-5-6-14-19(17)15-7-10-16-8-3-2-4-9-16/h2-4,8-9,17-18H,5-7,10-15H2,1H3. The third kappa shape index (κ3) is 4.96. The van der Waals surface area contributed by atoms with Crippen LogP contribution in [0.15, 0.2) is 30.3 Å². The second kappa shape index (κ2) is 8.34. The summed E-state index contributed by atoms with van der Waals surface area (Å²) in [7, 11) is 2.06. The fourth-order valence-corrected chi connectivity index (χ4v) is 3.12. The van der Waals surface area contributed by atoms with Crippen molar-refractivity contribution in [3.8, 4) is 0 Å². The Balaban J connectivity index is 1.73. The summed E-state index contributed by atoms with van der Waals surface area (Å²) >= 11 is 0. The fraction of sp³-hybridized carbons (Fsp3) is 0.647. The number of piperidine rings is 1. The van der Waals surface area contributed by atoms with Gasteiger partial charge in [-0.05, 0) is 64.3 Å². The molecule has 2 heteroatoms. The molecule has 0 bridgehead atoms. The molecule has 1 saturated heterocycles. The average Bonchev–Trinajstić information content (AvgIpc) is 2.47. The van der Waals surface area contributed by atoms with Crippen molar-refractivity contribution in [1.82, 2.24) is 10.2 Å². The van der Waals surface area contributed by atoms with E-state index >= 15 is 0 Å². The smallest absolute Gasteiger partial charge is 0.0107 e. The van der Waals surface area contributed by atoms with Crippen molar-refractivity contribution in [3.63, 3.8) is 0 Å². The lowest BCUT2D eigenvalue weighted by atomic mass is 9.98. The quantitative estimate of drug-likeness (QED) is 0.810. The van der Waals surface area contributed by atoms with Gasteiger partial charge in [-0.3, -0.25) is 0 Å². The molecule has 0 aliphatic carbocycles. The molecule has 1 aliphatic rings. The van der Waals surface area contributed by atoms with Crippen LogP contribution in [0, 0.1) is 0 Å². The number of hydrogen-bond acceptors (Lipinski definition) is 2. The first-order chi connectivity index (χ1) is 9.40. The van der Waals surface area contributed by atoms with Gasteiger partial charge in [-0.1, -0.05) is 36.8 Å². The molecule has 106 valence electrons. The minimum atomic E-state index is 0.817. The zero-order valence-electron chi connectivity index (χ0n) is 12.3. The highest BCUT2D eigenvalue weighted by Crippen LogP contribution is 2.20. The van der Waals surface area contributed by atoms with Gasteiger partial charge in [0, 0.05) is 6.04 Å². The van der Waals surface area contributed by atoms with E-state index in [9.17, 15) is 0 Å². The minimum absolute atomic E-state index is 0.817. The van der Waals surface area contributed by atoms with Crippen LogP contribution in [0.2, 0.25) is 0 Å². The summed E-state index contributed by atoms with van der Waals surface area (Å²) in [6.07, 6.45) is 8.02. The van der Waals surface area contributed by atoms with E-state index in [-0.39, 0.29) is 0 Å². The monoisotopic (exact) mass is 260 g/mol. The first-order valence-corrected chi connectivity index (χ1v) is 7.82. The van der Waals surface area contributed by atoms with Crippen LogP contribution in [0.1, 0.15) is 37.7 Å². The van der Waals surface area contributed by atoms with Crippen LogP contribution in [0.5, 0.6) is 0 Å². The summed E-state index contributed by atoms with van der Waals surface area (Å²) in [6, 6.07) is 11.7. The molecular formula is C17H28N2. The van der Waals surface area contributed by atoms with Crippen molar-refractivity contribution >= 4 is 0 Å². The molecule has 0 spiro atoms. The Kier molecular flexibility index (Phi) is 6.38. The molecule has 2 nitrogen and oxygen atoms in total. The zero-order valence-corrected chi connectivity index (χ0v) is 12.3. The maximum Gasteiger partial charge on any atom is 0.0107 e. The van der Waals surface area contributed by atoms with E-state index in [0.717, 1.165) is 12.6 Å². The third-order valence-electron chi connectivity index (χ3n) is 4.23. The Labute approximate surface area is 118 Å². The molecule has 1 heterocycles. The van der Waals surface area contributed by atoms with Gasteiger partial charge in [0.2, 0.25) is 0 Å². The zero-order chi connectivity index (χ0) is 13.3. The maximum atomic E-state index is 3.29. The number of nitrogens with one attached hydrogen (secondary N) is 1. The van der Waals surface area contributed by atoms with Crippen molar-refractivity contribution in [3.05, 3.63) is 35.9 Å². The highest BCUT2D eigenvalue weighted by atomic mass is 15.2. The summed E-state index contributed by atoms with van der Waals surface area (Å²) in [5.74, 6) is 0. The molecule has 1 aromatic carbocycles. The van der Waals surface area contributed by atoms with Gasteiger partial charge in [-0.25, -0.2) is 0 Å². The number of benzene rings is 1. The van der Waals surface area contributed by atoms with Crippen LogP contribution < -0.4 is 5.32 Å². The molecule has 1 N–H and O–H groups in total. The van der Waals surface area contributed by atoms with Crippen molar-refractivity contribution in [1.29, 1.82) is 0 Å². The molecule has 19 heavy (non-hydrogen) atoms. The predicted molar refractivity (Wildman–Crippen MR) is 82.5 cm³/mol. The van der Waals surface area contributed by atoms with E-state index in [2.05, 4.69) is 47.6 Å². The van der Waals surface area contributed by atoms with E-state index in [4.69, 9.17) is 0 Å². The number of rotatable bonds is 7. The fourth-order valence-electron chi connectivity index (χ4n) is 3.12. The van der Waals surface area contributed by atoms with Gasteiger partial charge in [0.25, 0.3) is 0 Å². The van der Waals surface area contributed by atoms with Crippen LogP contribution in [0.3, 0.4) is 0 Å². The lowest BCUT2D eigenvalue weighted by Crippen LogP contribution is -2.41.